The first-order valence-electron chi connectivity index (χ1n) is 7.08. The van der Waals surface area contributed by atoms with E-state index in [0.717, 1.165) is 25.8 Å². The molecule has 1 unspecified atom stereocenters. The normalized spacial score (nSPS) is 20.6. The van der Waals surface area contributed by atoms with Crippen molar-refractivity contribution in [3.8, 4) is 0 Å². The predicted octanol–water partition coefficient (Wildman–Crippen LogP) is 3.72. The Morgan fingerprint density at radius 3 is 2.83 bits per heavy atom. The zero-order chi connectivity index (χ0) is 13.0. The lowest BCUT2D eigenvalue weighted by molar-refractivity contribution is -0.120. The van der Waals surface area contributed by atoms with Gasteiger partial charge in [0.05, 0.1) is 6.04 Å². The summed E-state index contributed by atoms with van der Waals surface area (Å²) >= 11 is 0. The van der Waals surface area contributed by atoms with Gasteiger partial charge in [0.2, 0.25) is 0 Å². The summed E-state index contributed by atoms with van der Waals surface area (Å²) in [5, 5.41) is 0. The first-order chi connectivity index (χ1) is 8.72. The number of hydrogen-bond donors (Lipinski definition) is 0. The summed E-state index contributed by atoms with van der Waals surface area (Å²) in [7, 11) is 0. The number of nitrogens with zero attached hydrogens (tertiary/aromatic N) is 1. The second-order valence-electron chi connectivity index (χ2n) is 5.21. The van der Waals surface area contributed by atoms with Gasteiger partial charge in [-0.2, -0.15) is 0 Å². The molecule has 1 fully saturated rings. The van der Waals surface area contributed by atoms with Crippen molar-refractivity contribution < 1.29 is 4.79 Å². The monoisotopic (exact) mass is 245 g/mol. The van der Waals surface area contributed by atoms with Gasteiger partial charge in [-0.05, 0) is 44.4 Å². The van der Waals surface area contributed by atoms with Gasteiger partial charge in [-0.3, -0.25) is 4.79 Å². The average molecular weight is 245 g/mol. The van der Waals surface area contributed by atoms with Crippen LogP contribution in [-0.4, -0.2) is 18.4 Å². The van der Waals surface area contributed by atoms with Crippen molar-refractivity contribution in [3.63, 3.8) is 0 Å². The van der Waals surface area contributed by atoms with Gasteiger partial charge in [0.25, 0.3) is 0 Å². The summed E-state index contributed by atoms with van der Waals surface area (Å²) in [4.78, 5) is 14.5. The molecule has 0 aromatic heterocycles. The molecule has 2 heteroatoms. The molecule has 1 atom stereocenters. The first kappa shape index (κ1) is 13.1. The molecule has 2 nitrogen and oxygen atoms in total. The molecule has 0 radical (unpaired) electrons. The van der Waals surface area contributed by atoms with Crippen LogP contribution in [0, 0.1) is 6.92 Å². The standard InChI is InChI=1S/C16H23NO/c1-3-17(14-9-7-8-13(2)12-14)15-10-5-4-6-11-16(15)18/h7-9,12,15H,3-6,10-11H2,1-2H3. The van der Waals surface area contributed by atoms with Crippen molar-refractivity contribution in [2.45, 2.75) is 52.0 Å². The van der Waals surface area contributed by atoms with Gasteiger partial charge in [0, 0.05) is 18.7 Å². The van der Waals surface area contributed by atoms with Crippen molar-refractivity contribution in [1.29, 1.82) is 0 Å². The van der Waals surface area contributed by atoms with Crippen LogP contribution in [0.3, 0.4) is 0 Å². The summed E-state index contributed by atoms with van der Waals surface area (Å²) in [6.07, 6.45) is 5.22. The smallest absolute Gasteiger partial charge is 0.155 e. The number of likely N-dealkylation sites (N-methyl/N-ethyl adjacent to an activating group) is 1. The molecule has 0 spiro atoms. The number of anilines is 1. The van der Waals surface area contributed by atoms with Crippen LogP contribution < -0.4 is 4.90 Å². The van der Waals surface area contributed by atoms with Crippen LogP contribution in [0.2, 0.25) is 0 Å². The molecule has 1 aliphatic rings. The van der Waals surface area contributed by atoms with Gasteiger partial charge >= 0.3 is 0 Å². The van der Waals surface area contributed by atoms with Gasteiger partial charge in [0.15, 0.2) is 5.78 Å². The highest BCUT2D eigenvalue weighted by atomic mass is 16.1. The molecular formula is C16H23NO. The van der Waals surface area contributed by atoms with Crippen molar-refractivity contribution >= 4 is 11.5 Å². The quantitative estimate of drug-likeness (QED) is 0.756. The van der Waals surface area contributed by atoms with E-state index in [1.54, 1.807) is 0 Å². The van der Waals surface area contributed by atoms with Gasteiger partial charge in [0.1, 0.15) is 0 Å². The molecule has 1 aromatic rings. The van der Waals surface area contributed by atoms with Gasteiger partial charge in [-0.15, -0.1) is 0 Å². The predicted molar refractivity (Wildman–Crippen MR) is 76.1 cm³/mol. The van der Waals surface area contributed by atoms with Crippen LogP contribution in [0.25, 0.3) is 0 Å². The highest BCUT2D eigenvalue weighted by Crippen LogP contribution is 2.25. The second kappa shape index (κ2) is 6.03. The van der Waals surface area contributed by atoms with E-state index < -0.39 is 0 Å². The minimum absolute atomic E-state index is 0.0966. The van der Waals surface area contributed by atoms with E-state index in [4.69, 9.17) is 0 Å². The molecule has 0 heterocycles. The molecule has 1 aliphatic carbocycles. The molecule has 0 bridgehead atoms. The van der Waals surface area contributed by atoms with Crippen LogP contribution in [-0.2, 0) is 4.79 Å². The number of carbonyl (C=O) groups is 1. The van der Waals surface area contributed by atoms with E-state index >= 15 is 0 Å². The Kier molecular flexibility index (Phi) is 4.40. The Bertz CT molecular complexity index is 413. The summed E-state index contributed by atoms with van der Waals surface area (Å²) in [5.74, 6) is 0.427. The molecule has 1 saturated carbocycles. The van der Waals surface area contributed by atoms with Gasteiger partial charge in [-0.25, -0.2) is 0 Å². The fourth-order valence-corrected chi connectivity index (χ4v) is 2.86. The number of hydrogen-bond acceptors (Lipinski definition) is 2. The van der Waals surface area contributed by atoms with Crippen LogP contribution >= 0.6 is 0 Å². The van der Waals surface area contributed by atoms with E-state index in [9.17, 15) is 4.79 Å². The Balaban J connectivity index is 2.23. The van der Waals surface area contributed by atoms with E-state index in [1.165, 1.54) is 24.1 Å². The lowest BCUT2D eigenvalue weighted by atomic mass is 10.0. The van der Waals surface area contributed by atoms with E-state index in [0.29, 0.717) is 5.78 Å². The Morgan fingerprint density at radius 1 is 1.28 bits per heavy atom. The van der Waals surface area contributed by atoms with E-state index in [1.807, 2.05) is 0 Å². The summed E-state index contributed by atoms with van der Waals surface area (Å²) in [5.41, 5.74) is 2.45. The highest BCUT2D eigenvalue weighted by Gasteiger charge is 2.26. The molecule has 0 saturated heterocycles. The summed E-state index contributed by atoms with van der Waals surface area (Å²) in [6, 6.07) is 8.58. The Labute approximate surface area is 110 Å². The van der Waals surface area contributed by atoms with Crippen LogP contribution in [0.1, 0.15) is 44.6 Å². The second-order valence-corrected chi connectivity index (χ2v) is 5.21. The Hall–Kier alpha value is -1.31. The maximum Gasteiger partial charge on any atom is 0.155 e. The zero-order valence-corrected chi connectivity index (χ0v) is 11.5. The lowest BCUT2D eigenvalue weighted by Crippen LogP contribution is -2.40. The van der Waals surface area contributed by atoms with E-state index in [2.05, 4.69) is 43.0 Å². The maximum absolute atomic E-state index is 12.2. The molecule has 0 N–H and O–H groups in total. The van der Waals surface area contributed by atoms with Crippen LogP contribution in [0.5, 0.6) is 0 Å². The van der Waals surface area contributed by atoms with Gasteiger partial charge in [-0.1, -0.05) is 25.0 Å². The fraction of sp³-hybridized carbons (Fsp3) is 0.562. The fourth-order valence-electron chi connectivity index (χ4n) is 2.86. The van der Waals surface area contributed by atoms with Crippen LogP contribution in [0.15, 0.2) is 24.3 Å². The van der Waals surface area contributed by atoms with Crippen molar-refractivity contribution in [1.82, 2.24) is 0 Å². The third-order valence-electron chi connectivity index (χ3n) is 3.82. The molecular weight excluding hydrogens is 222 g/mol. The van der Waals surface area contributed by atoms with Crippen molar-refractivity contribution in [3.05, 3.63) is 29.8 Å². The topological polar surface area (TPSA) is 20.3 Å². The van der Waals surface area contributed by atoms with Crippen molar-refractivity contribution in [2.75, 3.05) is 11.4 Å². The number of benzene rings is 1. The largest absolute Gasteiger partial charge is 0.362 e. The number of carbonyl (C=O) groups excluding carboxylic acids is 1. The number of Topliss-reactive ketones (excluding diaryl/α,β-unsaturated/α-hetero) is 1. The molecule has 0 amide bonds. The number of ketones is 1. The van der Waals surface area contributed by atoms with Gasteiger partial charge < -0.3 is 4.90 Å². The molecule has 18 heavy (non-hydrogen) atoms. The molecule has 1 aromatic carbocycles. The average Bonchev–Trinajstić information content (AvgIpc) is 2.56. The third kappa shape index (κ3) is 2.92. The molecule has 0 aliphatic heterocycles. The highest BCUT2D eigenvalue weighted by molar-refractivity contribution is 5.87. The SMILES string of the molecule is CCN(c1cccc(C)c1)C1CCCCCC1=O. The molecule has 2 rings (SSSR count). The summed E-state index contributed by atoms with van der Waals surface area (Å²) < 4.78 is 0. The zero-order valence-electron chi connectivity index (χ0n) is 11.5. The Morgan fingerprint density at radius 2 is 2.11 bits per heavy atom. The number of aryl methyl sites for hydroxylation is 1. The first-order valence-corrected chi connectivity index (χ1v) is 7.08. The third-order valence-corrected chi connectivity index (χ3v) is 3.82. The summed E-state index contributed by atoms with van der Waals surface area (Å²) in [6.45, 7) is 5.15. The molecule has 98 valence electrons. The van der Waals surface area contributed by atoms with Crippen molar-refractivity contribution in [2.24, 2.45) is 0 Å². The minimum Gasteiger partial charge on any atom is -0.362 e. The number of rotatable bonds is 3. The lowest BCUT2D eigenvalue weighted by Gasteiger charge is -2.31. The maximum atomic E-state index is 12.2. The van der Waals surface area contributed by atoms with Crippen LogP contribution in [0.4, 0.5) is 5.69 Å². The van der Waals surface area contributed by atoms with E-state index in [-0.39, 0.29) is 6.04 Å². The minimum atomic E-state index is 0.0966.